The zero-order chi connectivity index (χ0) is 14.4. The molecule has 0 amide bonds. The Morgan fingerprint density at radius 3 is 2.60 bits per heavy atom. The zero-order valence-electron chi connectivity index (χ0n) is 10.5. The van der Waals surface area contributed by atoms with Crippen molar-refractivity contribution in [1.29, 1.82) is 0 Å². The van der Waals surface area contributed by atoms with Crippen molar-refractivity contribution < 1.29 is 14.1 Å². The van der Waals surface area contributed by atoms with Crippen LogP contribution >= 0.6 is 0 Å². The molecule has 6 nitrogen and oxygen atoms in total. The Morgan fingerprint density at radius 1 is 1.25 bits per heavy atom. The van der Waals surface area contributed by atoms with Gasteiger partial charge in [0.25, 0.3) is 5.69 Å². The number of hydrogen-bond donors (Lipinski definition) is 1. The summed E-state index contributed by atoms with van der Waals surface area (Å²) in [5, 5.41) is 13.4. The first-order chi connectivity index (χ1) is 9.65. The number of aromatic nitrogens is 1. The van der Waals surface area contributed by atoms with Gasteiger partial charge in [0.1, 0.15) is 30.2 Å². The Kier molecular flexibility index (Phi) is 4.43. The van der Waals surface area contributed by atoms with Crippen LogP contribution < -0.4 is 10.1 Å². The Labute approximate surface area is 114 Å². The van der Waals surface area contributed by atoms with Crippen molar-refractivity contribution in [3.63, 3.8) is 0 Å². The van der Waals surface area contributed by atoms with Gasteiger partial charge in [0.05, 0.1) is 11.5 Å². The first-order valence-electron chi connectivity index (χ1n) is 5.88. The van der Waals surface area contributed by atoms with Gasteiger partial charge in [-0.25, -0.2) is 9.37 Å². The van der Waals surface area contributed by atoms with Crippen molar-refractivity contribution in [2.45, 2.75) is 0 Å². The van der Waals surface area contributed by atoms with Crippen LogP contribution in [0.4, 0.5) is 15.9 Å². The van der Waals surface area contributed by atoms with E-state index in [-0.39, 0.29) is 11.5 Å². The lowest BCUT2D eigenvalue weighted by Gasteiger charge is -2.07. The molecule has 0 unspecified atom stereocenters. The van der Waals surface area contributed by atoms with Gasteiger partial charge in [-0.2, -0.15) is 0 Å². The van der Waals surface area contributed by atoms with E-state index < -0.39 is 4.92 Å². The summed E-state index contributed by atoms with van der Waals surface area (Å²) in [6.07, 6.45) is 1.18. The number of halogens is 1. The van der Waals surface area contributed by atoms with Crippen molar-refractivity contribution >= 4 is 11.5 Å². The van der Waals surface area contributed by atoms with Gasteiger partial charge in [-0.3, -0.25) is 10.1 Å². The van der Waals surface area contributed by atoms with Crippen molar-refractivity contribution in [1.82, 2.24) is 4.98 Å². The van der Waals surface area contributed by atoms with Gasteiger partial charge in [-0.15, -0.1) is 0 Å². The molecule has 0 fully saturated rings. The number of hydrogen-bond acceptors (Lipinski definition) is 5. The van der Waals surface area contributed by atoms with Crippen molar-refractivity contribution in [2.75, 3.05) is 18.5 Å². The maximum absolute atomic E-state index is 12.7. The molecule has 1 heterocycles. The summed E-state index contributed by atoms with van der Waals surface area (Å²) in [6, 6.07) is 8.62. The Bertz CT molecular complexity index is 572. The molecule has 0 aliphatic heterocycles. The highest BCUT2D eigenvalue weighted by Crippen LogP contribution is 2.12. The highest BCUT2D eigenvalue weighted by Gasteiger charge is 2.04. The minimum atomic E-state index is -0.506. The molecule has 104 valence electrons. The molecule has 0 saturated carbocycles. The molecule has 0 spiro atoms. The monoisotopic (exact) mass is 277 g/mol. The van der Waals surface area contributed by atoms with E-state index in [1.165, 1.54) is 30.5 Å². The molecular formula is C13H12FN3O3. The molecule has 1 N–H and O–H groups in total. The number of pyridine rings is 1. The third-order valence-corrected chi connectivity index (χ3v) is 2.45. The zero-order valence-corrected chi connectivity index (χ0v) is 10.5. The third kappa shape index (κ3) is 3.91. The van der Waals surface area contributed by atoms with Gasteiger partial charge >= 0.3 is 0 Å². The Morgan fingerprint density at radius 2 is 2.00 bits per heavy atom. The van der Waals surface area contributed by atoms with Crippen LogP contribution in [-0.4, -0.2) is 23.1 Å². The number of ether oxygens (including phenoxy) is 1. The fourth-order valence-corrected chi connectivity index (χ4v) is 1.48. The minimum Gasteiger partial charge on any atom is -0.492 e. The van der Waals surface area contributed by atoms with E-state index in [1.807, 2.05) is 0 Å². The van der Waals surface area contributed by atoms with Crippen LogP contribution in [0, 0.1) is 15.9 Å². The topological polar surface area (TPSA) is 77.3 Å². The van der Waals surface area contributed by atoms with Gasteiger partial charge in [0.15, 0.2) is 0 Å². The van der Waals surface area contributed by atoms with Gasteiger partial charge in [-0.05, 0) is 30.3 Å². The van der Waals surface area contributed by atoms with Crippen LogP contribution in [-0.2, 0) is 0 Å². The second-order valence-electron chi connectivity index (χ2n) is 3.89. The fraction of sp³-hybridized carbons (Fsp3) is 0.154. The molecule has 1 aromatic heterocycles. The SMILES string of the molecule is O=[N+]([O-])c1ccc(NCCOc2ccc(F)cc2)nc1. The summed E-state index contributed by atoms with van der Waals surface area (Å²) in [5.41, 5.74) is -0.0573. The number of rotatable bonds is 6. The molecule has 20 heavy (non-hydrogen) atoms. The third-order valence-electron chi connectivity index (χ3n) is 2.45. The summed E-state index contributed by atoms with van der Waals surface area (Å²) in [4.78, 5) is 13.8. The minimum absolute atomic E-state index is 0.0573. The standard InChI is InChI=1S/C13H12FN3O3/c14-10-1-4-12(5-2-10)20-8-7-15-13-6-3-11(9-16-13)17(18)19/h1-6,9H,7-8H2,(H,15,16). The maximum atomic E-state index is 12.7. The molecule has 7 heteroatoms. The summed E-state index contributed by atoms with van der Waals surface area (Å²) >= 11 is 0. The van der Waals surface area contributed by atoms with E-state index in [2.05, 4.69) is 10.3 Å². The van der Waals surface area contributed by atoms with Crippen LogP contribution in [0.3, 0.4) is 0 Å². The number of nitrogens with zero attached hydrogens (tertiary/aromatic N) is 2. The largest absolute Gasteiger partial charge is 0.492 e. The lowest BCUT2D eigenvalue weighted by molar-refractivity contribution is -0.385. The lowest BCUT2D eigenvalue weighted by Crippen LogP contribution is -2.12. The van der Waals surface area contributed by atoms with Crippen LogP contribution in [0.5, 0.6) is 5.75 Å². The molecule has 1 aromatic carbocycles. The number of benzene rings is 1. The van der Waals surface area contributed by atoms with Crippen molar-refractivity contribution in [3.05, 3.63) is 58.5 Å². The number of anilines is 1. The summed E-state index contributed by atoms with van der Waals surface area (Å²) in [5.74, 6) is 0.786. The normalized spacial score (nSPS) is 10.1. The molecule has 2 rings (SSSR count). The van der Waals surface area contributed by atoms with Crippen LogP contribution in [0.2, 0.25) is 0 Å². The average molecular weight is 277 g/mol. The second-order valence-corrected chi connectivity index (χ2v) is 3.89. The van der Waals surface area contributed by atoms with E-state index >= 15 is 0 Å². The van der Waals surface area contributed by atoms with Crippen LogP contribution in [0.1, 0.15) is 0 Å². The molecule has 0 atom stereocenters. The van der Waals surface area contributed by atoms with E-state index in [9.17, 15) is 14.5 Å². The van der Waals surface area contributed by atoms with E-state index in [1.54, 1.807) is 12.1 Å². The molecule has 0 aliphatic rings. The molecular weight excluding hydrogens is 265 g/mol. The van der Waals surface area contributed by atoms with E-state index in [0.29, 0.717) is 24.7 Å². The lowest BCUT2D eigenvalue weighted by atomic mass is 10.3. The number of nitro groups is 1. The van der Waals surface area contributed by atoms with Crippen LogP contribution in [0.15, 0.2) is 42.6 Å². The Hall–Kier alpha value is -2.70. The van der Waals surface area contributed by atoms with Gasteiger partial charge in [-0.1, -0.05) is 0 Å². The second kappa shape index (κ2) is 6.46. The van der Waals surface area contributed by atoms with Crippen molar-refractivity contribution in [3.8, 4) is 5.75 Å². The maximum Gasteiger partial charge on any atom is 0.287 e. The van der Waals surface area contributed by atoms with E-state index in [0.717, 1.165) is 0 Å². The molecule has 0 saturated heterocycles. The average Bonchev–Trinajstić information content (AvgIpc) is 2.46. The number of nitrogens with one attached hydrogen (secondary N) is 1. The smallest absolute Gasteiger partial charge is 0.287 e. The quantitative estimate of drug-likeness (QED) is 0.499. The van der Waals surface area contributed by atoms with Gasteiger partial charge in [0, 0.05) is 6.07 Å². The van der Waals surface area contributed by atoms with Gasteiger partial charge < -0.3 is 10.1 Å². The first-order valence-corrected chi connectivity index (χ1v) is 5.88. The highest BCUT2D eigenvalue weighted by atomic mass is 19.1. The Balaban J connectivity index is 1.75. The van der Waals surface area contributed by atoms with Crippen LogP contribution in [0.25, 0.3) is 0 Å². The summed E-state index contributed by atoms with van der Waals surface area (Å²) < 4.78 is 18.0. The van der Waals surface area contributed by atoms with E-state index in [4.69, 9.17) is 4.74 Å². The molecule has 0 aliphatic carbocycles. The van der Waals surface area contributed by atoms with Crippen molar-refractivity contribution in [2.24, 2.45) is 0 Å². The predicted molar refractivity (Wildman–Crippen MR) is 71.3 cm³/mol. The first kappa shape index (κ1) is 13.7. The molecule has 2 aromatic rings. The molecule has 0 radical (unpaired) electrons. The molecule has 0 bridgehead atoms. The van der Waals surface area contributed by atoms with Gasteiger partial charge in [0.2, 0.25) is 0 Å². The summed E-state index contributed by atoms with van der Waals surface area (Å²) in [7, 11) is 0. The predicted octanol–water partition coefficient (Wildman–Crippen LogP) is 2.62. The fourth-order valence-electron chi connectivity index (χ4n) is 1.48. The summed E-state index contributed by atoms with van der Waals surface area (Å²) in [6.45, 7) is 0.840. The highest BCUT2D eigenvalue weighted by molar-refractivity contribution is 5.40.